The molecule has 2 aromatic rings. The predicted octanol–water partition coefficient (Wildman–Crippen LogP) is 3.01. The zero-order valence-electron chi connectivity index (χ0n) is 15.4. The molecule has 0 amide bonds. The lowest BCUT2D eigenvalue weighted by Crippen LogP contribution is -2.55. The van der Waals surface area contributed by atoms with Gasteiger partial charge in [0.2, 0.25) is 5.75 Å². The fourth-order valence-corrected chi connectivity index (χ4v) is 6.23. The Hall–Kier alpha value is -2.03. The van der Waals surface area contributed by atoms with Crippen molar-refractivity contribution in [2.24, 2.45) is 5.41 Å². The fraction of sp³-hybridized carbons (Fsp3) is 0.368. The van der Waals surface area contributed by atoms with E-state index in [4.69, 9.17) is 37.4 Å². The molecule has 0 atom stereocenters. The van der Waals surface area contributed by atoms with E-state index in [0.29, 0.717) is 21.4 Å². The summed E-state index contributed by atoms with van der Waals surface area (Å²) in [6.45, 7) is 0.290. The van der Waals surface area contributed by atoms with E-state index in [1.807, 2.05) is 0 Å². The van der Waals surface area contributed by atoms with Gasteiger partial charge in [0.05, 0.1) is 52.9 Å². The van der Waals surface area contributed by atoms with Crippen molar-refractivity contribution in [1.82, 2.24) is 4.98 Å². The average molecular weight is 458 g/mol. The van der Waals surface area contributed by atoms with Gasteiger partial charge in [0.1, 0.15) is 0 Å². The molecule has 4 rings (SSSR count). The molecule has 1 saturated heterocycles. The summed E-state index contributed by atoms with van der Waals surface area (Å²) in [6, 6.07) is 3.20. The van der Waals surface area contributed by atoms with Crippen molar-refractivity contribution >= 4 is 38.8 Å². The van der Waals surface area contributed by atoms with Crippen LogP contribution < -0.4 is 14.2 Å². The number of ketones is 1. The van der Waals surface area contributed by atoms with E-state index in [9.17, 15) is 13.2 Å². The van der Waals surface area contributed by atoms with Crippen molar-refractivity contribution in [3.63, 3.8) is 0 Å². The average Bonchev–Trinajstić information content (AvgIpc) is 2.84. The van der Waals surface area contributed by atoms with Gasteiger partial charge in [0, 0.05) is 24.4 Å². The van der Waals surface area contributed by atoms with Crippen molar-refractivity contribution in [3.05, 3.63) is 45.7 Å². The van der Waals surface area contributed by atoms with E-state index in [-0.39, 0.29) is 54.0 Å². The standard InChI is InChI=1S/C19H17Cl2NO6S/c1-26-16-3-2-11(15(23)4-12-13(20)5-22-6-14(12)21)17-18(16)28-8-19(7-27-17)9-29(24,25)10-19/h2-3,5-6H,4,7-10H2,1H3. The molecule has 0 N–H and O–H groups in total. The van der Waals surface area contributed by atoms with Gasteiger partial charge in [-0.05, 0) is 12.1 Å². The number of nitrogens with zero attached hydrogens (tertiary/aromatic N) is 1. The predicted molar refractivity (Wildman–Crippen MR) is 107 cm³/mol. The van der Waals surface area contributed by atoms with Gasteiger partial charge in [0.15, 0.2) is 27.1 Å². The molecule has 2 aliphatic rings. The van der Waals surface area contributed by atoms with Crippen molar-refractivity contribution in [2.75, 3.05) is 31.8 Å². The van der Waals surface area contributed by atoms with Crippen molar-refractivity contribution in [3.8, 4) is 17.2 Å². The molecule has 3 heterocycles. The second-order valence-corrected chi connectivity index (χ2v) is 10.1. The first kappa shape index (κ1) is 20.3. The molecule has 0 saturated carbocycles. The molecule has 0 aliphatic carbocycles. The number of benzene rings is 1. The lowest BCUT2D eigenvalue weighted by atomic mass is 9.94. The zero-order chi connectivity index (χ0) is 20.8. The number of halogens is 2. The second kappa shape index (κ2) is 7.34. The summed E-state index contributed by atoms with van der Waals surface area (Å²) in [5.41, 5.74) is 0.124. The Labute approximate surface area is 177 Å². The van der Waals surface area contributed by atoms with Crippen molar-refractivity contribution in [1.29, 1.82) is 0 Å². The molecule has 0 radical (unpaired) electrons. The number of Topliss-reactive ketones (excluding diaryl/α,β-unsaturated/α-hetero) is 1. The molecular formula is C19H17Cl2NO6S. The SMILES string of the molecule is COc1ccc(C(=O)Cc2c(Cl)cncc2Cl)c2c1OCC1(CO2)CS(=O)(=O)C1. The van der Waals surface area contributed by atoms with Gasteiger partial charge in [-0.15, -0.1) is 0 Å². The Morgan fingerprint density at radius 1 is 1.14 bits per heavy atom. The molecule has 1 aromatic carbocycles. The van der Waals surface area contributed by atoms with Gasteiger partial charge in [-0.1, -0.05) is 23.2 Å². The molecule has 2 aliphatic heterocycles. The Morgan fingerprint density at radius 2 is 1.76 bits per heavy atom. The first-order valence-corrected chi connectivity index (χ1v) is 11.3. The highest BCUT2D eigenvalue weighted by Crippen LogP contribution is 2.46. The van der Waals surface area contributed by atoms with Crippen LogP contribution in [0.2, 0.25) is 10.0 Å². The number of rotatable bonds is 4. The second-order valence-electron chi connectivity index (χ2n) is 7.26. The molecule has 10 heteroatoms. The van der Waals surface area contributed by atoms with Gasteiger partial charge >= 0.3 is 0 Å². The number of ether oxygens (including phenoxy) is 3. The Morgan fingerprint density at radius 3 is 2.34 bits per heavy atom. The first-order valence-electron chi connectivity index (χ1n) is 8.72. The number of sulfone groups is 1. The first-order chi connectivity index (χ1) is 13.7. The zero-order valence-corrected chi connectivity index (χ0v) is 17.7. The van der Waals surface area contributed by atoms with Crippen LogP contribution >= 0.6 is 23.2 Å². The number of pyridine rings is 1. The summed E-state index contributed by atoms with van der Waals surface area (Å²) >= 11 is 12.3. The quantitative estimate of drug-likeness (QED) is 0.651. The fourth-order valence-electron chi connectivity index (χ4n) is 3.62. The molecule has 7 nitrogen and oxygen atoms in total. The highest BCUT2D eigenvalue weighted by Gasteiger charge is 2.51. The van der Waals surface area contributed by atoms with Crippen LogP contribution in [-0.2, 0) is 16.3 Å². The number of methoxy groups -OCH3 is 1. The summed E-state index contributed by atoms with van der Waals surface area (Å²) in [5.74, 6) is 0.614. The third-order valence-electron chi connectivity index (χ3n) is 4.98. The summed E-state index contributed by atoms with van der Waals surface area (Å²) in [7, 11) is -1.60. The van der Waals surface area contributed by atoms with Crippen LogP contribution in [0.5, 0.6) is 17.2 Å². The Balaban J connectivity index is 1.67. The van der Waals surface area contributed by atoms with Crippen LogP contribution in [0.1, 0.15) is 15.9 Å². The van der Waals surface area contributed by atoms with E-state index >= 15 is 0 Å². The lowest BCUT2D eigenvalue weighted by Gasteiger charge is -2.38. The third kappa shape index (κ3) is 3.76. The maximum atomic E-state index is 13.0. The molecule has 1 aromatic heterocycles. The molecule has 29 heavy (non-hydrogen) atoms. The summed E-state index contributed by atoms with van der Waals surface area (Å²) in [5, 5.41) is 0.586. The highest BCUT2D eigenvalue weighted by molar-refractivity contribution is 7.92. The van der Waals surface area contributed by atoms with E-state index in [1.165, 1.54) is 19.5 Å². The monoisotopic (exact) mass is 457 g/mol. The molecule has 1 spiro atoms. The topological polar surface area (TPSA) is 91.8 Å². The summed E-state index contributed by atoms with van der Waals surface area (Å²) in [6.07, 6.45) is 2.79. The number of hydrogen-bond donors (Lipinski definition) is 0. The third-order valence-corrected chi connectivity index (χ3v) is 7.74. The van der Waals surface area contributed by atoms with E-state index in [0.717, 1.165) is 0 Å². The van der Waals surface area contributed by atoms with Crippen LogP contribution in [0.4, 0.5) is 0 Å². The van der Waals surface area contributed by atoms with Gasteiger partial charge in [-0.3, -0.25) is 9.78 Å². The minimum Gasteiger partial charge on any atom is -0.493 e. The van der Waals surface area contributed by atoms with Gasteiger partial charge < -0.3 is 14.2 Å². The van der Waals surface area contributed by atoms with Gasteiger partial charge in [-0.2, -0.15) is 0 Å². The van der Waals surface area contributed by atoms with Crippen LogP contribution in [0.15, 0.2) is 24.5 Å². The molecule has 1 fully saturated rings. The van der Waals surface area contributed by atoms with Crippen LogP contribution in [0.25, 0.3) is 0 Å². The van der Waals surface area contributed by atoms with E-state index in [1.54, 1.807) is 12.1 Å². The maximum absolute atomic E-state index is 13.0. The number of aromatic nitrogens is 1. The Kier molecular flexibility index (Phi) is 5.13. The summed E-state index contributed by atoms with van der Waals surface area (Å²) in [4.78, 5) is 16.9. The minimum atomic E-state index is -3.08. The normalized spacial score (nSPS) is 18.6. The smallest absolute Gasteiger partial charge is 0.204 e. The molecule has 154 valence electrons. The Bertz CT molecular complexity index is 1070. The maximum Gasteiger partial charge on any atom is 0.204 e. The molecule has 0 unspecified atom stereocenters. The van der Waals surface area contributed by atoms with Crippen molar-refractivity contribution < 1.29 is 27.4 Å². The van der Waals surface area contributed by atoms with Crippen LogP contribution in [-0.4, -0.2) is 51.0 Å². The minimum absolute atomic E-state index is 0.0121. The molecular weight excluding hydrogens is 441 g/mol. The van der Waals surface area contributed by atoms with Crippen molar-refractivity contribution in [2.45, 2.75) is 6.42 Å². The number of hydrogen-bond acceptors (Lipinski definition) is 7. The van der Waals surface area contributed by atoms with Gasteiger partial charge in [-0.25, -0.2) is 8.42 Å². The molecule has 0 bridgehead atoms. The van der Waals surface area contributed by atoms with Crippen LogP contribution in [0, 0.1) is 5.41 Å². The lowest BCUT2D eigenvalue weighted by molar-refractivity contribution is 0.0984. The number of carbonyl (C=O) groups excluding carboxylic acids is 1. The highest BCUT2D eigenvalue weighted by atomic mass is 35.5. The number of fused-ring (bicyclic) bond motifs is 1. The van der Waals surface area contributed by atoms with E-state index < -0.39 is 15.3 Å². The largest absolute Gasteiger partial charge is 0.493 e. The number of carbonyl (C=O) groups is 1. The summed E-state index contributed by atoms with van der Waals surface area (Å²) < 4.78 is 40.5. The van der Waals surface area contributed by atoms with Gasteiger partial charge in [0.25, 0.3) is 0 Å². The van der Waals surface area contributed by atoms with E-state index in [2.05, 4.69) is 4.98 Å². The van der Waals surface area contributed by atoms with Crippen LogP contribution in [0.3, 0.4) is 0 Å².